The van der Waals surface area contributed by atoms with Gasteiger partial charge in [0.15, 0.2) is 5.96 Å². The number of hydrogen-bond acceptors (Lipinski definition) is 4. The van der Waals surface area contributed by atoms with Crippen molar-refractivity contribution in [1.82, 2.24) is 10.6 Å². The van der Waals surface area contributed by atoms with Gasteiger partial charge < -0.3 is 15.1 Å². The number of nitrogens with one attached hydrogen (secondary N) is 2. The van der Waals surface area contributed by atoms with Crippen LogP contribution in [-0.2, 0) is 16.3 Å². The molecule has 0 bridgehead atoms. The standard InChI is InChI=1S/C16H29N3O3S/c1-13(2)12-18-16(17-9-7-15-6-5-10-22-15)19-14(3)8-11-23(4,20)21/h5-6,10,13-14H,7-9,11-12H2,1-4H3,(H2,17,18,19). The van der Waals surface area contributed by atoms with Crippen LogP contribution in [0.5, 0.6) is 0 Å². The van der Waals surface area contributed by atoms with Gasteiger partial charge >= 0.3 is 0 Å². The van der Waals surface area contributed by atoms with Crippen molar-refractivity contribution in [3.05, 3.63) is 24.2 Å². The Hall–Kier alpha value is -1.50. The van der Waals surface area contributed by atoms with Gasteiger partial charge in [0.25, 0.3) is 0 Å². The second kappa shape index (κ2) is 9.60. The number of hydrogen-bond donors (Lipinski definition) is 2. The molecule has 1 aromatic heterocycles. The van der Waals surface area contributed by atoms with E-state index >= 15 is 0 Å². The largest absolute Gasteiger partial charge is 0.469 e. The van der Waals surface area contributed by atoms with Crippen LogP contribution >= 0.6 is 0 Å². The number of guanidine groups is 1. The van der Waals surface area contributed by atoms with Crippen LogP contribution in [0.2, 0.25) is 0 Å². The lowest BCUT2D eigenvalue weighted by Crippen LogP contribution is -2.43. The van der Waals surface area contributed by atoms with Crippen LogP contribution in [0.15, 0.2) is 27.8 Å². The van der Waals surface area contributed by atoms with E-state index in [0.29, 0.717) is 24.8 Å². The highest BCUT2D eigenvalue weighted by Gasteiger charge is 2.10. The first-order chi connectivity index (χ1) is 10.8. The maximum absolute atomic E-state index is 11.3. The summed E-state index contributed by atoms with van der Waals surface area (Å²) in [6, 6.07) is 3.84. The molecule has 1 aromatic rings. The Kier molecular flexibility index (Phi) is 8.16. The Morgan fingerprint density at radius 2 is 2.09 bits per heavy atom. The molecular formula is C16H29N3O3S. The van der Waals surface area contributed by atoms with Crippen LogP contribution in [0.4, 0.5) is 0 Å². The second-order valence-electron chi connectivity index (χ2n) is 6.30. The Morgan fingerprint density at radius 3 is 2.65 bits per heavy atom. The van der Waals surface area contributed by atoms with Crippen LogP contribution in [0.1, 0.15) is 33.0 Å². The molecule has 0 radical (unpaired) electrons. The minimum Gasteiger partial charge on any atom is -0.469 e. The van der Waals surface area contributed by atoms with Crippen LogP contribution in [-0.4, -0.2) is 45.5 Å². The highest BCUT2D eigenvalue weighted by atomic mass is 32.2. The van der Waals surface area contributed by atoms with E-state index < -0.39 is 9.84 Å². The number of aliphatic imine (C=N–C) groups is 1. The van der Waals surface area contributed by atoms with E-state index in [-0.39, 0.29) is 11.8 Å². The third-order valence-corrected chi connectivity index (χ3v) is 4.14. The first kappa shape index (κ1) is 19.5. The first-order valence-electron chi connectivity index (χ1n) is 8.01. The van der Waals surface area contributed by atoms with Crippen molar-refractivity contribution in [2.24, 2.45) is 10.9 Å². The van der Waals surface area contributed by atoms with Crippen molar-refractivity contribution in [2.45, 2.75) is 39.7 Å². The Balaban J connectivity index is 2.48. The lowest BCUT2D eigenvalue weighted by atomic mass is 10.2. The summed E-state index contributed by atoms with van der Waals surface area (Å²) in [6.45, 7) is 7.60. The number of nitrogens with zero attached hydrogens (tertiary/aromatic N) is 1. The van der Waals surface area contributed by atoms with E-state index in [1.807, 2.05) is 19.1 Å². The molecule has 23 heavy (non-hydrogen) atoms. The summed E-state index contributed by atoms with van der Waals surface area (Å²) >= 11 is 0. The van der Waals surface area contributed by atoms with Gasteiger partial charge in [0.1, 0.15) is 15.6 Å². The number of sulfone groups is 1. The van der Waals surface area contributed by atoms with E-state index in [1.165, 1.54) is 6.26 Å². The average Bonchev–Trinajstić information content (AvgIpc) is 2.94. The minimum atomic E-state index is -2.94. The van der Waals surface area contributed by atoms with Crippen molar-refractivity contribution in [3.63, 3.8) is 0 Å². The third kappa shape index (κ3) is 9.99. The van der Waals surface area contributed by atoms with Crippen LogP contribution in [0, 0.1) is 5.92 Å². The van der Waals surface area contributed by atoms with Crippen molar-refractivity contribution in [3.8, 4) is 0 Å². The van der Waals surface area contributed by atoms with E-state index in [4.69, 9.17) is 4.42 Å². The summed E-state index contributed by atoms with van der Waals surface area (Å²) in [5.41, 5.74) is 0. The van der Waals surface area contributed by atoms with E-state index in [1.54, 1.807) is 6.26 Å². The molecule has 7 heteroatoms. The molecule has 0 aromatic carbocycles. The van der Waals surface area contributed by atoms with Crippen molar-refractivity contribution in [2.75, 3.05) is 25.1 Å². The van der Waals surface area contributed by atoms with Gasteiger partial charge in [-0.1, -0.05) is 13.8 Å². The summed E-state index contributed by atoms with van der Waals surface area (Å²) in [7, 11) is -2.94. The molecule has 0 amide bonds. The highest BCUT2D eigenvalue weighted by molar-refractivity contribution is 7.90. The topological polar surface area (TPSA) is 83.7 Å². The van der Waals surface area contributed by atoms with Crippen molar-refractivity contribution < 1.29 is 12.8 Å². The molecular weight excluding hydrogens is 314 g/mol. The lowest BCUT2D eigenvalue weighted by Gasteiger charge is -2.18. The fourth-order valence-corrected chi connectivity index (χ4v) is 2.66. The van der Waals surface area contributed by atoms with E-state index in [2.05, 4.69) is 29.5 Å². The predicted octanol–water partition coefficient (Wildman–Crippen LogP) is 1.84. The van der Waals surface area contributed by atoms with Gasteiger partial charge in [0.2, 0.25) is 0 Å². The van der Waals surface area contributed by atoms with Crippen LogP contribution in [0.3, 0.4) is 0 Å². The van der Waals surface area contributed by atoms with Crippen molar-refractivity contribution >= 4 is 15.8 Å². The summed E-state index contributed by atoms with van der Waals surface area (Å²) in [5.74, 6) is 2.27. The zero-order chi connectivity index (χ0) is 17.3. The molecule has 1 heterocycles. The molecule has 132 valence electrons. The van der Waals surface area contributed by atoms with Gasteiger partial charge in [-0.05, 0) is 31.4 Å². The molecule has 1 atom stereocenters. The monoisotopic (exact) mass is 343 g/mol. The minimum absolute atomic E-state index is 0.0340. The van der Waals surface area contributed by atoms with Crippen LogP contribution < -0.4 is 10.6 Å². The van der Waals surface area contributed by atoms with E-state index in [9.17, 15) is 8.42 Å². The molecule has 0 aliphatic carbocycles. The van der Waals surface area contributed by atoms with Gasteiger partial charge in [-0.2, -0.15) is 0 Å². The molecule has 2 N–H and O–H groups in total. The van der Waals surface area contributed by atoms with Crippen molar-refractivity contribution in [1.29, 1.82) is 0 Å². The van der Waals surface area contributed by atoms with Gasteiger partial charge in [-0.15, -0.1) is 0 Å². The maximum atomic E-state index is 11.3. The van der Waals surface area contributed by atoms with Gasteiger partial charge in [0, 0.05) is 31.8 Å². The SMILES string of the molecule is CC(C)CN=C(NCCc1ccco1)NC(C)CCS(C)(=O)=O. The molecule has 0 aliphatic rings. The van der Waals surface area contributed by atoms with Gasteiger partial charge in [-0.3, -0.25) is 4.99 Å². The molecule has 0 saturated heterocycles. The Morgan fingerprint density at radius 1 is 1.35 bits per heavy atom. The molecule has 0 spiro atoms. The molecule has 1 unspecified atom stereocenters. The molecule has 0 saturated carbocycles. The summed E-state index contributed by atoms with van der Waals surface area (Å²) in [6.07, 6.45) is 4.25. The quantitative estimate of drug-likeness (QED) is 0.528. The molecule has 0 aliphatic heterocycles. The third-order valence-electron chi connectivity index (χ3n) is 3.16. The lowest BCUT2D eigenvalue weighted by molar-refractivity contribution is 0.505. The van der Waals surface area contributed by atoms with E-state index in [0.717, 1.165) is 18.7 Å². The van der Waals surface area contributed by atoms with Gasteiger partial charge in [0.05, 0.1) is 12.0 Å². The number of rotatable bonds is 9. The molecule has 0 fully saturated rings. The highest BCUT2D eigenvalue weighted by Crippen LogP contribution is 2.00. The first-order valence-corrected chi connectivity index (χ1v) is 10.1. The second-order valence-corrected chi connectivity index (χ2v) is 8.56. The zero-order valence-electron chi connectivity index (χ0n) is 14.5. The summed E-state index contributed by atoms with van der Waals surface area (Å²) < 4.78 is 27.8. The summed E-state index contributed by atoms with van der Waals surface area (Å²) in [5, 5.41) is 6.54. The maximum Gasteiger partial charge on any atom is 0.191 e. The number of furan rings is 1. The smallest absolute Gasteiger partial charge is 0.191 e. The van der Waals surface area contributed by atoms with Crippen LogP contribution in [0.25, 0.3) is 0 Å². The molecule has 1 rings (SSSR count). The van der Waals surface area contributed by atoms with Gasteiger partial charge in [-0.25, -0.2) is 8.42 Å². The molecule has 6 nitrogen and oxygen atoms in total. The fourth-order valence-electron chi connectivity index (χ4n) is 1.88. The predicted molar refractivity (Wildman–Crippen MR) is 94.5 cm³/mol. The normalized spacial score (nSPS) is 14.0. The Bertz CT molecular complexity index is 565. The summed E-state index contributed by atoms with van der Waals surface area (Å²) in [4.78, 5) is 4.54. The Labute approximate surface area is 139 Å². The average molecular weight is 343 g/mol. The fraction of sp³-hybridized carbons (Fsp3) is 0.688. The zero-order valence-corrected chi connectivity index (χ0v) is 15.3.